The van der Waals surface area contributed by atoms with Crippen molar-refractivity contribution < 1.29 is 0 Å². The van der Waals surface area contributed by atoms with Gasteiger partial charge < -0.3 is 5.73 Å². The van der Waals surface area contributed by atoms with Crippen molar-refractivity contribution in [3.05, 3.63) is 52.8 Å². The standard InChI is InChI=1S/C12H12ClN3S/c13-11-4-2-1-3-9(11)8-17-12-15-6-5-10(7-14)16-12/h1-6H,7-8,14H2. The van der Waals surface area contributed by atoms with Gasteiger partial charge in [-0.15, -0.1) is 0 Å². The van der Waals surface area contributed by atoms with Crippen LogP contribution >= 0.6 is 23.4 Å². The molecule has 0 spiro atoms. The first kappa shape index (κ1) is 12.4. The highest BCUT2D eigenvalue weighted by Crippen LogP contribution is 2.24. The number of aromatic nitrogens is 2. The maximum atomic E-state index is 6.07. The van der Waals surface area contributed by atoms with E-state index in [2.05, 4.69) is 9.97 Å². The molecule has 0 aliphatic carbocycles. The first-order chi connectivity index (χ1) is 8.29. The van der Waals surface area contributed by atoms with Crippen molar-refractivity contribution in [1.29, 1.82) is 0 Å². The molecular formula is C12H12ClN3S. The molecule has 0 bridgehead atoms. The highest BCUT2D eigenvalue weighted by atomic mass is 35.5. The first-order valence-corrected chi connectivity index (χ1v) is 6.54. The van der Waals surface area contributed by atoms with E-state index < -0.39 is 0 Å². The largest absolute Gasteiger partial charge is 0.325 e. The summed E-state index contributed by atoms with van der Waals surface area (Å²) in [5.41, 5.74) is 7.46. The third-order valence-corrected chi connectivity index (χ3v) is 3.49. The highest BCUT2D eigenvalue weighted by molar-refractivity contribution is 7.98. The second kappa shape index (κ2) is 6.00. The molecule has 0 amide bonds. The summed E-state index contributed by atoms with van der Waals surface area (Å²) < 4.78 is 0. The normalized spacial score (nSPS) is 10.5. The summed E-state index contributed by atoms with van der Waals surface area (Å²) in [5, 5.41) is 1.50. The smallest absolute Gasteiger partial charge is 0.188 e. The van der Waals surface area contributed by atoms with Crippen LogP contribution in [0.25, 0.3) is 0 Å². The number of hydrogen-bond acceptors (Lipinski definition) is 4. The molecule has 2 aromatic rings. The van der Waals surface area contributed by atoms with Crippen LogP contribution in [0.4, 0.5) is 0 Å². The van der Waals surface area contributed by atoms with Gasteiger partial charge in [-0.2, -0.15) is 0 Å². The Morgan fingerprint density at radius 2 is 2.06 bits per heavy atom. The number of hydrogen-bond donors (Lipinski definition) is 1. The molecular weight excluding hydrogens is 254 g/mol. The van der Waals surface area contributed by atoms with Crippen LogP contribution in [-0.2, 0) is 12.3 Å². The average molecular weight is 266 g/mol. The van der Waals surface area contributed by atoms with Gasteiger partial charge in [0.25, 0.3) is 0 Å². The van der Waals surface area contributed by atoms with E-state index >= 15 is 0 Å². The van der Waals surface area contributed by atoms with Crippen LogP contribution in [0.5, 0.6) is 0 Å². The lowest BCUT2D eigenvalue weighted by Gasteiger charge is -2.03. The Kier molecular flexibility index (Phi) is 4.36. The van der Waals surface area contributed by atoms with Crippen LogP contribution in [0.1, 0.15) is 11.3 Å². The van der Waals surface area contributed by atoms with Crippen molar-refractivity contribution in [2.75, 3.05) is 0 Å². The van der Waals surface area contributed by atoms with E-state index in [1.165, 1.54) is 0 Å². The Morgan fingerprint density at radius 1 is 1.24 bits per heavy atom. The van der Waals surface area contributed by atoms with E-state index in [0.717, 1.165) is 27.2 Å². The predicted octanol–water partition coefficient (Wildman–Crippen LogP) is 2.88. The van der Waals surface area contributed by atoms with Crippen molar-refractivity contribution in [2.45, 2.75) is 17.5 Å². The molecule has 88 valence electrons. The Morgan fingerprint density at radius 3 is 2.82 bits per heavy atom. The monoisotopic (exact) mass is 265 g/mol. The summed E-state index contributed by atoms with van der Waals surface area (Å²) in [6, 6.07) is 9.59. The van der Waals surface area contributed by atoms with Gasteiger partial charge in [0, 0.05) is 23.5 Å². The fraction of sp³-hybridized carbons (Fsp3) is 0.167. The van der Waals surface area contributed by atoms with Gasteiger partial charge in [0.2, 0.25) is 0 Å². The molecule has 2 N–H and O–H groups in total. The van der Waals surface area contributed by atoms with Crippen LogP contribution < -0.4 is 5.73 Å². The van der Waals surface area contributed by atoms with E-state index in [-0.39, 0.29) is 0 Å². The molecule has 0 aliphatic rings. The molecule has 0 unspecified atom stereocenters. The molecule has 0 saturated carbocycles. The van der Waals surface area contributed by atoms with Gasteiger partial charge in [-0.1, -0.05) is 41.6 Å². The molecule has 0 fully saturated rings. The van der Waals surface area contributed by atoms with Crippen LogP contribution in [0.15, 0.2) is 41.7 Å². The van der Waals surface area contributed by atoms with Crippen LogP contribution in [-0.4, -0.2) is 9.97 Å². The minimum absolute atomic E-state index is 0.433. The molecule has 1 aromatic heterocycles. The number of rotatable bonds is 4. The van der Waals surface area contributed by atoms with E-state index in [4.69, 9.17) is 17.3 Å². The Hall–Kier alpha value is -1.10. The summed E-state index contributed by atoms with van der Waals surface area (Å²) in [6.45, 7) is 0.433. The minimum atomic E-state index is 0.433. The molecule has 17 heavy (non-hydrogen) atoms. The molecule has 0 radical (unpaired) electrons. The zero-order valence-electron chi connectivity index (χ0n) is 9.14. The molecule has 5 heteroatoms. The summed E-state index contributed by atoms with van der Waals surface area (Å²) in [4.78, 5) is 8.51. The second-order valence-electron chi connectivity index (χ2n) is 3.41. The van der Waals surface area contributed by atoms with Gasteiger partial charge in [0.05, 0.1) is 5.69 Å². The molecule has 0 atom stereocenters. The van der Waals surface area contributed by atoms with Crippen molar-refractivity contribution in [3.8, 4) is 0 Å². The third-order valence-electron chi connectivity index (χ3n) is 2.21. The lowest BCUT2D eigenvalue weighted by Crippen LogP contribution is -2.01. The van der Waals surface area contributed by atoms with Gasteiger partial charge in [-0.05, 0) is 17.7 Å². The van der Waals surface area contributed by atoms with E-state index in [0.29, 0.717) is 6.54 Å². The van der Waals surface area contributed by atoms with E-state index in [9.17, 15) is 0 Å². The Bertz CT molecular complexity index is 505. The number of halogens is 1. The summed E-state index contributed by atoms with van der Waals surface area (Å²) in [7, 11) is 0. The highest BCUT2D eigenvalue weighted by Gasteiger charge is 2.03. The third kappa shape index (κ3) is 3.43. The Labute approximate surface area is 109 Å². The number of benzene rings is 1. The summed E-state index contributed by atoms with van der Waals surface area (Å²) in [6.07, 6.45) is 1.73. The first-order valence-electron chi connectivity index (χ1n) is 5.18. The number of thioether (sulfide) groups is 1. The zero-order chi connectivity index (χ0) is 12.1. The minimum Gasteiger partial charge on any atom is -0.325 e. The van der Waals surface area contributed by atoms with E-state index in [1.54, 1.807) is 18.0 Å². The average Bonchev–Trinajstić information content (AvgIpc) is 2.38. The van der Waals surface area contributed by atoms with Crippen molar-refractivity contribution in [3.63, 3.8) is 0 Å². The fourth-order valence-corrected chi connectivity index (χ4v) is 2.45. The van der Waals surface area contributed by atoms with Crippen LogP contribution in [0.2, 0.25) is 5.02 Å². The topological polar surface area (TPSA) is 51.8 Å². The fourth-order valence-electron chi connectivity index (χ4n) is 1.32. The quantitative estimate of drug-likeness (QED) is 0.682. The lowest BCUT2D eigenvalue weighted by atomic mass is 10.2. The van der Waals surface area contributed by atoms with E-state index in [1.807, 2.05) is 30.3 Å². The van der Waals surface area contributed by atoms with Crippen molar-refractivity contribution >= 4 is 23.4 Å². The Balaban J connectivity index is 2.05. The molecule has 3 nitrogen and oxygen atoms in total. The van der Waals surface area contributed by atoms with Gasteiger partial charge in [-0.3, -0.25) is 0 Å². The number of nitrogens with zero attached hydrogens (tertiary/aromatic N) is 2. The van der Waals surface area contributed by atoms with Crippen LogP contribution in [0, 0.1) is 0 Å². The summed E-state index contributed by atoms with van der Waals surface area (Å²) >= 11 is 7.63. The maximum Gasteiger partial charge on any atom is 0.188 e. The van der Waals surface area contributed by atoms with Crippen LogP contribution in [0.3, 0.4) is 0 Å². The van der Waals surface area contributed by atoms with Gasteiger partial charge in [-0.25, -0.2) is 9.97 Å². The van der Waals surface area contributed by atoms with Gasteiger partial charge >= 0.3 is 0 Å². The van der Waals surface area contributed by atoms with Gasteiger partial charge in [0.1, 0.15) is 0 Å². The molecule has 1 aromatic carbocycles. The van der Waals surface area contributed by atoms with Crippen molar-refractivity contribution in [2.24, 2.45) is 5.73 Å². The zero-order valence-corrected chi connectivity index (χ0v) is 10.7. The predicted molar refractivity (Wildman–Crippen MR) is 70.9 cm³/mol. The molecule has 0 saturated heterocycles. The maximum absolute atomic E-state index is 6.07. The SMILES string of the molecule is NCc1ccnc(SCc2ccccc2Cl)n1. The van der Waals surface area contributed by atoms with Gasteiger partial charge in [0.15, 0.2) is 5.16 Å². The number of nitrogens with two attached hydrogens (primary N) is 1. The molecule has 0 aliphatic heterocycles. The van der Waals surface area contributed by atoms with Crippen molar-refractivity contribution in [1.82, 2.24) is 9.97 Å². The second-order valence-corrected chi connectivity index (χ2v) is 4.76. The lowest BCUT2D eigenvalue weighted by molar-refractivity contribution is 0.874. The molecule has 2 rings (SSSR count). The molecule has 1 heterocycles. The summed E-state index contributed by atoms with van der Waals surface area (Å²) in [5.74, 6) is 0.758.